The van der Waals surface area contributed by atoms with Crippen LogP contribution < -0.4 is 5.32 Å². The van der Waals surface area contributed by atoms with E-state index in [0.29, 0.717) is 12.5 Å². The summed E-state index contributed by atoms with van der Waals surface area (Å²) >= 11 is 0. The van der Waals surface area contributed by atoms with Gasteiger partial charge < -0.3 is 20.3 Å². The lowest BCUT2D eigenvalue weighted by atomic mass is 9.90. The minimum Gasteiger partial charge on any atom is -0.445 e. The number of benzene rings is 1. The van der Waals surface area contributed by atoms with E-state index in [9.17, 15) is 4.79 Å². The first-order valence-electron chi connectivity index (χ1n) is 8.62. The average molecular weight is 336 g/mol. The first kappa shape index (κ1) is 18.7. The van der Waals surface area contributed by atoms with Crippen LogP contribution in [0.2, 0.25) is 0 Å². The maximum absolute atomic E-state index is 12.0. The molecule has 6 heteroatoms. The number of hydrogen-bond acceptors (Lipinski definition) is 5. The second-order valence-electron chi connectivity index (χ2n) is 6.35. The van der Waals surface area contributed by atoms with Crippen molar-refractivity contribution in [2.24, 2.45) is 5.92 Å². The number of amides is 1. The largest absolute Gasteiger partial charge is 0.445 e. The summed E-state index contributed by atoms with van der Waals surface area (Å²) in [6.07, 6.45) is 2.16. The maximum atomic E-state index is 12.0. The van der Waals surface area contributed by atoms with Crippen molar-refractivity contribution in [2.45, 2.75) is 31.9 Å². The van der Waals surface area contributed by atoms with Gasteiger partial charge in [-0.15, -0.1) is 0 Å². The number of nitrogens with zero attached hydrogens (tertiary/aromatic N) is 1. The first-order chi connectivity index (χ1) is 11.7. The number of piperidine rings is 1. The van der Waals surface area contributed by atoms with Crippen LogP contribution in [-0.2, 0) is 11.3 Å². The predicted octanol–water partition coefficient (Wildman–Crippen LogP) is 1.37. The number of alkyl carbamates (subject to hydrolysis) is 1. The van der Waals surface area contributed by atoms with Crippen LogP contribution in [0.1, 0.15) is 24.8 Å². The molecule has 1 saturated heterocycles. The van der Waals surface area contributed by atoms with Crippen molar-refractivity contribution in [1.29, 1.82) is 0 Å². The van der Waals surface area contributed by atoms with Gasteiger partial charge in [-0.05, 0) is 30.7 Å². The molecule has 0 saturated carbocycles. The van der Waals surface area contributed by atoms with Gasteiger partial charge in [-0.3, -0.25) is 4.90 Å². The van der Waals surface area contributed by atoms with Gasteiger partial charge in [0.1, 0.15) is 6.61 Å². The van der Waals surface area contributed by atoms with Gasteiger partial charge in [0, 0.05) is 32.3 Å². The van der Waals surface area contributed by atoms with Gasteiger partial charge in [0.2, 0.25) is 0 Å². The number of likely N-dealkylation sites (tertiary alicyclic amines) is 1. The van der Waals surface area contributed by atoms with Gasteiger partial charge in [0.05, 0.1) is 6.61 Å². The van der Waals surface area contributed by atoms with E-state index in [-0.39, 0.29) is 25.9 Å². The predicted molar refractivity (Wildman–Crippen MR) is 91.5 cm³/mol. The van der Waals surface area contributed by atoms with Gasteiger partial charge in [-0.1, -0.05) is 30.3 Å². The van der Waals surface area contributed by atoms with Crippen molar-refractivity contribution in [1.82, 2.24) is 10.2 Å². The maximum Gasteiger partial charge on any atom is 0.407 e. The molecule has 1 aromatic carbocycles. The summed E-state index contributed by atoms with van der Waals surface area (Å²) in [5, 5.41) is 21.1. The summed E-state index contributed by atoms with van der Waals surface area (Å²) < 4.78 is 5.28. The fraction of sp³-hybridized carbons (Fsp3) is 0.611. The van der Waals surface area contributed by atoms with E-state index in [1.165, 1.54) is 0 Å². The topological polar surface area (TPSA) is 82.0 Å². The summed E-state index contributed by atoms with van der Waals surface area (Å²) in [4.78, 5) is 14.2. The minimum atomic E-state index is -0.407. The summed E-state index contributed by atoms with van der Waals surface area (Å²) in [5.41, 5.74) is 0.957. The molecular weight excluding hydrogens is 308 g/mol. The fourth-order valence-electron chi connectivity index (χ4n) is 3.25. The molecule has 24 heavy (non-hydrogen) atoms. The SMILES string of the molecule is O=C(NC1CC(CCCO)CN(CCO)C1)OCc1ccccc1. The van der Waals surface area contributed by atoms with Gasteiger partial charge in [-0.25, -0.2) is 4.79 Å². The number of ether oxygens (including phenoxy) is 1. The van der Waals surface area contributed by atoms with E-state index in [1.54, 1.807) is 0 Å². The Labute approximate surface area is 143 Å². The molecular formula is C18H28N2O4. The highest BCUT2D eigenvalue weighted by atomic mass is 16.5. The quantitative estimate of drug-likeness (QED) is 0.668. The Kier molecular flexibility index (Phi) is 8.01. The molecule has 2 atom stereocenters. The lowest BCUT2D eigenvalue weighted by molar-refractivity contribution is 0.0950. The lowest BCUT2D eigenvalue weighted by Crippen LogP contribution is -2.51. The van der Waals surface area contributed by atoms with Crippen molar-refractivity contribution in [2.75, 3.05) is 32.8 Å². The van der Waals surface area contributed by atoms with Crippen LogP contribution in [0.25, 0.3) is 0 Å². The van der Waals surface area contributed by atoms with Crippen LogP contribution in [0.15, 0.2) is 30.3 Å². The molecule has 0 aromatic heterocycles. The monoisotopic (exact) mass is 336 g/mol. The molecule has 1 aromatic rings. The van der Waals surface area contributed by atoms with E-state index in [1.807, 2.05) is 30.3 Å². The molecule has 1 aliphatic heterocycles. The highest BCUT2D eigenvalue weighted by Gasteiger charge is 2.28. The molecule has 3 N–H and O–H groups in total. The zero-order valence-corrected chi connectivity index (χ0v) is 14.1. The van der Waals surface area contributed by atoms with E-state index >= 15 is 0 Å². The Morgan fingerprint density at radius 1 is 1.21 bits per heavy atom. The Bertz CT molecular complexity index is 483. The fourth-order valence-corrected chi connectivity index (χ4v) is 3.25. The average Bonchev–Trinajstić information content (AvgIpc) is 2.59. The van der Waals surface area contributed by atoms with Crippen molar-refractivity contribution in [3.8, 4) is 0 Å². The van der Waals surface area contributed by atoms with Crippen LogP contribution in [0, 0.1) is 5.92 Å². The third-order valence-corrected chi connectivity index (χ3v) is 4.33. The minimum absolute atomic E-state index is 0.0114. The van der Waals surface area contributed by atoms with E-state index < -0.39 is 6.09 Å². The summed E-state index contributed by atoms with van der Waals surface area (Å²) in [5.74, 6) is 0.414. The second kappa shape index (κ2) is 10.3. The normalized spacial score (nSPS) is 21.4. The summed E-state index contributed by atoms with van der Waals surface area (Å²) in [6.45, 7) is 2.78. The number of carbonyl (C=O) groups is 1. The van der Waals surface area contributed by atoms with Gasteiger partial charge in [0.25, 0.3) is 0 Å². The molecule has 0 aliphatic carbocycles. The molecule has 0 radical (unpaired) electrons. The Hall–Kier alpha value is -1.63. The molecule has 2 unspecified atom stereocenters. The summed E-state index contributed by atoms with van der Waals surface area (Å²) in [7, 11) is 0. The van der Waals surface area contributed by atoms with Gasteiger partial charge in [0.15, 0.2) is 0 Å². The Morgan fingerprint density at radius 3 is 2.71 bits per heavy atom. The molecule has 134 valence electrons. The van der Waals surface area contributed by atoms with Crippen LogP contribution >= 0.6 is 0 Å². The van der Waals surface area contributed by atoms with Crippen LogP contribution in [-0.4, -0.2) is 60.1 Å². The van der Waals surface area contributed by atoms with Crippen LogP contribution in [0.3, 0.4) is 0 Å². The zero-order chi connectivity index (χ0) is 17.2. The summed E-state index contributed by atoms with van der Waals surface area (Å²) in [6, 6.07) is 9.60. The third kappa shape index (κ3) is 6.47. The number of aliphatic hydroxyl groups is 2. The van der Waals surface area contributed by atoms with Crippen molar-refractivity contribution in [3.63, 3.8) is 0 Å². The number of carbonyl (C=O) groups excluding carboxylic acids is 1. The number of hydrogen-bond donors (Lipinski definition) is 3. The molecule has 1 fully saturated rings. The molecule has 1 aliphatic rings. The lowest BCUT2D eigenvalue weighted by Gasteiger charge is -2.37. The zero-order valence-electron chi connectivity index (χ0n) is 14.1. The van der Waals surface area contributed by atoms with Crippen LogP contribution in [0.4, 0.5) is 4.79 Å². The van der Waals surface area contributed by atoms with Gasteiger partial charge in [-0.2, -0.15) is 0 Å². The number of aliphatic hydroxyl groups excluding tert-OH is 2. The smallest absolute Gasteiger partial charge is 0.407 e. The molecule has 6 nitrogen and oxygen atoms in total. The van der Waals surface area contributed by atoms with E-state index in [2.05, 4.69) is 10.2 Å². The number of nitrogens with one attached hydrogen (secondary N) is 1. The Balaban J connectivity index is 1.80. The first-order valence-corrected chi connectivity index (χ1v) is 8.62. The highest BCUT2D eigenvalue weighted by molar-refractivity contribution is 5.67. The van der Waals surface area contributed by atoms with Crippen molar-refractivity contribution < 1.29 is 19.7 Å². The second-order valence-corrected chi connectivity index (χ2v) is 6.35. The number of β-amino-alcohol motifs (C(OH)–C–C–N with tert-alkyl or cyclic N) is 1. The van der Waals surface area contributed by atoms with E-state index in [0.717, 1.165) is 37.9 Å². The highest BCUT2D eigenvalue weighted by Crippen LogP contribution is 2.21. The standard InChI is InChI=1S/C18H28N2O4/c21-9-4-7-16-11-17(13-20(12-16)8-10-22)19-18(23)24-14-15-5-2-1-3-6-15/h1-3,5-6,16-17,21-22H,4,7-14H2,(H,19,23). The van der Waals surface area contributed by atoms with E-state index in [4.69, 9.17) is 14.9 Å². The third-order valence-electron chi connectivity index (χ3n) is 4.33. The van der Waals surface area contributed by atoms with Gasteiger partial charge >= 0.3 is 6.09 Å². The van der Waals surface area contributed by atoms with Crippen LogP contribution in [0.5, 0.6) is 0 Å². The molecule has 1 amide bonds. The van der Waals surface area contributed by atoms with Crippen molar-refractivity contribution >= 4 is 6.09 Å². The molecule has 1 heterocycles. The number of rotatable bonds is 8. The molecule has 0 spiro atoms. The molecule has 2 rings (SSSR count). The Morgan fingerprint density at radius 2 is 2.00 bits per heavy atom. The molecule has 0 bridgehead atoms. The van der Waals surface area contributed by atoms with Crippen molar-refractivity contribution in [3.05, 3.63) is 35.9 Å².